The number of amides is 1. The highest BCUT2D eigenvalue weighted by Gasteiger charge is 2.27. The van der Waals surface area contributed by atoms with E-state index < -0.39 is 28.0 Å². The molecule has 1 N–H and O–H groups in total. The van der Waals surface area contributed by atoms with Crippen LogP contribution in [0.15, 0.2) is 41.4 Å². The van der Waals surface area contributed by atoms with Gasteiger partial charge in [-0.05, 0) is 57.0 Å². The monoisotopic (exact) mass is 495 g/mol. The fourth-order valence-electron chi connectivity index (χ4n) is 3.32. The molecule has 2 aromatic rings. The summed E-state index contributed by atoms with van der Waals surface area (Å²) in [7, 11) is -3.71. The third-order valence-corrected chi connectivity index (χ3v) is 7.30. The second-order valence-electron chi connectivity index (χ2n) is 7.43. The zero-order valence-electron chi connectivity index (χ0n) is 18.4. The van der Waals surface area contributed by atoms with E-state index in [0.717, 1.165) is 19.3 Å². The number of anilines is 1. The second kappa shape index (κ2) is 11.0. The van der Waals surface area contributed by atoms with Crippen LogP contribution >= 0.6 is 11.6 Å². The van der Waals surface area contributed by atoms with Crippen molar-refractivity contribution < 1.29 is 27.5 Å². The van der Waals surface area contributed by atoms with Crippen LogP contribution in [-0.4, -0.2) is 55.4 Å². The maximum atomic E-state index is 12.9. The molecule has 0 radical (unpaired) electrons. The first kappa shape index (κ1) is 24.9. The smallest absolute Gasteiger partial charge is 0.344 e. The number of rotatable bonds is 8. The van der Waals surface area contributed by atoms with E-state index >= 15 is 0 Å². The number of nitrogens with zero attached hydrogens (tertiary/aromatic N) is 2. The predicted octanol–water partition coefficient (Wildman–Crippen LogP) is 3.49. The molecule has 1 aliphatic heterocycles. The van der Waals surface area contributed by atoms with Gasteiger partial charge in [0.25, 0.3) is 5.91 Å². The van der Waals surface area contributed by atoms with E-state index in [1.54, 1.807) is 13.0 Å². The molecule has 1 atom stereocenters. The van der Waals surface area contributed by atoms with Crippen LogP contribution < -0.4 is 10.1 Å². The van der Waals surface area contributed by atoms with Gasteiger partial charge in [-0.25, -0.2) is 18.2 Å². The summed E-state index contributed by atoms with van der Waals surface area (Å²) in [5.74, 6) is -1.34. The number of aromatic nitrogens is 1. The van der Waals surface area contributed by atoms with Gasteiger partial charge in [0.15, 0.2) is 6.10 Å². The number of hydrogen-bond acceptors (Lipinski definition) is 7. The van der Waals surface area contributed by atoms with Crippen molar-refractivity contribution in [3.05, 3.63) is 47.1 Å². The fraction of sp³-hybridized carbons (Fsp3) is 0.409. The van der Waals surface area contributed by atoms with Crippen LogP contribution in [0, 0.1) is 0 Å². The normalized spacial score (nSPS) is 15.5. The second-order valence-corrected chi connectivity index (χ2v) is 9.78. The number of ether oxygens (including phenoxy) is 2. The van der Waals surface area contributed by atoms with Gasteiger partial charge in [-0.3, -0.25) is 4.79 Å². The molecular weight excluding hydrogens is 470 g/mol. The van der Waals surface area contributed by atoms with Crippen LogP contribution in [0.25, 0.3) is 0 Å². The Morgan fingerprint density at radius 2 is 1.94 bits per heavy atom. The first-order valence-electron chi connectivity index (χ1n) is 10.6. The first-order valence-corrected chi connectivity index (χ1v) is 12.4. The standard InChI is InChI=1S/C22H26ClN3O6S/c1-3-31-21-17(8-7-11-24-21)22(28)32-15(2)20(27)25-19-14-16(9-10-18(19)23)33(29,30)26-12-5-4-6-13-26/h7-11,14-15H,3-6,12-13H2,1-2H3,(H,25,27). The van der Waals surface area contributed by atoms with Gasteiger partial charge in [-0.2, -0.15) is 4.31 Å². The summed E-state index contributed by atoms with van der Waals surface area (Å²) in [4.78, 5) is 29.2. The Balaban J connectivity index is 1.72. The Kier molecular flexibility index (Phi) is 8.28. The van der Waals surface area contributed by atoms with E-state index in [9.17, 15) is 18.0 Å². The van der Waals surface area contributed by atoms with Crippen LogP contribution in [0.1, 0.15) is 43.5 Å². The Hall–Kier alpha value is -2.69. The zero-order chi connectivity index (χ0) is 24.0. The Bertz CT molecular complexity index is 1120. The lowest BCUT2D eigenvalue weighted by atomic mass is 10.2. The van der Waals surface area contributed by atoms with Crippen LogP contribution in [0.4, 0.5) is 5.69 Å². The summed E-state index contributed by atoms with van der Waals surface area (Å²) < 4.78 is 37.9. The molecule has 1 aliphatic rings. The lowest BCUT2D eigenvalue weighted by molar-refractivity contribution is -0.123. The van der Waals surface area contributed by atoms with Crippen molar-refractivity contribution in [2.24, 2.45) is 0 Å². The van der Waals surface area contributed by atoms with Gasteiger partial charge in [0, 0.05) is 19.3 Å². The third-order valence-electron chi connectivity index (χ3n) is 5.07. The van der Waals surface area contributed by atoms with E-state index in [-0.39, 0.29) is 27.0 Å². The van der Waals surface area contributed by atoms with Crippen LogP contribution in [0.2, 0.25) is 5.02 Å². The molecule has 11 heteroatoms. The summed E-state index contributed by atoms with van der Waals surface area (Å²) in [5.41, 5.74) is 0.200. The van der Waals surface area contributed by atoms with Gasteiger partial charge < -0.3 is 14.8 Å². The van der Waals surface area contributed by atoms with Crippen molar-refractivity contribution in [1.82, 2.24) is 9.29 Å². The number of pyridine rings is 1. The number of hydrogen-bond donors (Lipinski definition) is 1. The van der Waals surface area contributed by atoms with E-state index in [4.69, 9.17) is 21.1 Å². The fourth-order valence-corrected chi connectivity index (χ4v) is 5.03. The lowest BCUT2D eigenvalue weighted by Crippen LogP contribution is -2.35. The molecule has 0 aliphatic carbocycles. The molecule has 9 nitrogen and oxygen atoms in total. The summed E-state index contributed by atoms with van der Waals surface area (Å²) in [6, 6.07) is 7.17. The molecule has 1 fully saturated rings. The minimum Gasteiger partial charge on any atom is -0.477 e. The van der Waals surface area contributed by atoms with Gasteiger partial charge in [0.2, 0.25) is 15.9 Å². The quantitative estimate of drug-likeness (QED) is 0.557. The number of halogens is 1. The summed E-state index contributed by atoms with van der Waals surface area (Å²) in [5, 5.41) is 2.70. The van der Waals surface area contributed by atoms with Crippen LogP contribution in [0.3, 0.4) is 0 Å². The molecule has 178 valence electrons. The van der Waals surface area contributed by atoms with Crippen LogP contribution in [-0.2, 0) is 19.6 Å². The van der Waals surface area contributed by atoms with E-state index in [2.05, 4.69) is 10.3 Å². The van der Waals surface area contributed by atoms with E-state index in [1.807, 2.05) is 0 Å². The highest BCUT2D eigenvalue weighted by molar-refractivity contribution is 7.89. The number of sulfonamides is 1. The topological polar surface area (TPSA) is 115 Å². The molecule has 1 aromatic heterocycles. The van der Waals surface area contributed by atoms with Gasteiger partial charge >= 0.3 is 5.97 Å². The van der Waals surface area contributed by atoms with Crippen molar-refractivity contribution >= 4 is 39.2 Å². The Morgan fingerprint density at radius 3 is 2.64 bits per heavy atom. The summed E-state index contributed by atoms with van der Waals surface area (Å²) in [6.45, 7) is 4.37. The van der Waals surface area contributed by atoms with E-state index in [0.29, 0.717) is 19.7 Å². The number of benzene rings is 1. The maximum absolute atomic E-state index is 12.9. The first-order chi connectivity index (χ1) is 15.7. The largest absolute Gasteiger partial charge is 0.477 e. The molecule has 1 aromatic carbocycles. The molecule has 1 saturated heterocycles. The van der Waals surface area contributed by atoms with Gasteiger partial charge in [-0.1, -0.05) is 18.0 Å². The minimum absolute atomic E-state index is 0.0328. The van der Waals surface area contributed by atoms with Crippen molar-refractivity contribution in [2.75, 3.05) is 25.0 Å². The molecule has 0 saturated carbocycles. The molecule has 2 heterocycles. The molecule has 0 bridgehead atoms. The van der Waals surface area contributed by atoms with Gasteiger partial charge in [0.1, 0.15) is 5.56 Å². The molecule has 0 spiro atoms. The molecular formula is C22H26ClN3O6S. The highest BCUT2D eigenvalue weighted by atomic mass is 35.5. The number of piperidine rings is 1. The SMILES string of the molecule is CCOc1ncccc1C(=O)OC(C)C(=O)Nc1cc(S(=O)(=O)N2CCCCC2)ccc1Cl. The summed E-state index contributed by atoms with van der Waals surface area (Å²) >= 11 is 6.18. The lowest BCUT2D eigenvalue weighted by Gasteiger charge is -2.26. The minimum atomic E-state index is -3.71. The molecule has 33 heavy (non-hydrogen) atoms. The number of nitrogens with one attached hydrogen (secondary N) is 1. The van der Waals surface area contributed by atoms with Crippen molar-refractivity contribution in [1.29, 1.82) is 0 Å². The average Bonchev–Trinajstić information content (AvgIpc) is 2.81. The van der Waals surface area contributed by atoms with E-state index in [1.165, 1.54) is 41.7 Å². The van der Waals surface area contributed by atoms with Crippen molar-refractivity contribution in [3.63, 3.8) is 0 Å². The molecule has 3 rings (SSSR count). The predicted molar refractivity (Wildman–Crippen MR) is 123 cm³/mol. The molecule has 1 amide bonds. The highest BCUT2D eigenvalue weighted by Crippen LogP contribution is 2.28. The Morgan fingerprint density at radius 1 is 1.21 bits per heavy atom. The average molecular weight is 496 g/mol. The van der Waals surface area contributed by atoms with Crippen molar-refractivity contribution in [2.45, 2.75) is 44.1 Å². The zero-order valence-corrected chi connectivity index (χ0v) is 20.0. The maximum Gasteiger partial charge on any atom is 0.344 e. The summed E-state index contributed by atoms with van der Waals surface area (Å²) in [6.07, 6.45) is 2.90. The third kappa shape index (κ3) is 6.01. The number of esters is 1. The number of carbonyl (C=O) groups is 2. The molecule has 1 unspecified atom stereocenters. The van der Waals surface area contributed by atoms with Crippen molar-refractivity contribution in [3.8, 4) is 5.88 Å². The number of carbonyl (C=O) groups excluding carboxylic acids is 2. The Labute approximate surface area is 198 Å². The van der Waals surface area contributed by atoms with Crippen LogP contribution in [0.5, 0.6) is 5.88 Å². The van der Waals surface area contributed by atoms with Gasteiger partial charge in [0.05, 0.1) is 22.2 Å². The van der Waals surface area contributed by atoms with Gasteiger partial charge in [-0.15, -0.1) is 0 Å².